The van der Waals surface area contributed by atoms with Crippen molar-refractivity contribution in [2.45, 2.75) is 5.75 Å². The minimum absolute atomic E-state index is 0.00296. The van der Waals surface area contributed by atoms with Crippen molar-refractivity contribution in [2.24, 2.45) is 0 Å². The molecule has 2 rings (SSSR count). The highest BCUT2D eigenvalue weighted by Gasteiger charge is 2.13. The lowest BCUT2D eigenvalue weighted by Gasteiger charge is -2.05. The van der Waals surface area contributed by atoms with Crippen LogP contribution in [-0.2, 0) is 21.0 Å². The molecule has 2 aromatic carbocycles. The highest BCUT2D eigenvalue weighted by atomic mass is 32.2. The van der Waals surface area contributed by atoms with Crippen LogP contribution in [-0.4, -0.2) is 16.2 Å². The number of nitro benzene ring substituents is 1. The molecule has 6 heteroatoms. The predicted molar refractivity (Wildman–Crippen MR) is 69.5 cm³/mol. The van der Waals surface area contributed by atoms with E-state index < -0.39 is 16.0 Å². The zero-order valence-electron chi connectivity index (χ0n) is 9.66. The second kappa shape index (κ2) is 5.24. The van der Waals surface area contributed by atoms with E-state index in [2.05, 4.69) is 0 Å². The molecule has 1 atom stereocenters. The maximum atomic E-state index is 11.4. The average Bonchev–Trinajstić information content (AvgIpc) is 2.38. The number of hydrogen-bond acceptors (Lipinski definition) is 4. The monoisotopic (exact) mass is 265 g/mol. The molecule has 2 aromatic rings. The second-order valence-corrected chi connectivity index (χ2v) is 4.93. The van der Waals surface area contributed by atoms with Crippen LogP contribution in [0.2, 0.25) is 0 Å². The fourth-order valence-electron chi connectivity index (χ4n) is 1.78. The third-order valence-electron chi connectivity index (χ3n) is 2.60. The van der Waals surface area contributed by atoms with Crippen molar-refractivity contribution in [3.8, 4) is 0 Å². The first kappa shape index (κ1) is 12.7. The van der Waals surface area contributed by atoms with Gasteiger partial charge in [0, 0.05) is 12.1 Å². The van der Waals surface area contributed by atoms with Crippen molar-refractivity contribution in [3.05, 3.63) is 52.1 Å². The Hall–Kier alpha value is -1.79. The van der Waals surface area contributed by atoms with Crippen molar-refractivity contribution in [1.29, 1.82) is 0 Å². The SMILES string of the molecule is COS(=O)Cc1cc([N+](=O)[O-])cc2ccccc12. The molecule has 0 aliphatic carbocycles. The first-order chi connectivity index (χ1) is 8.61. The normalized spacial score (nSPS) is 12.5. The lowest BCUT2D eigenvalue weighted by Crippen LogP contribution is -1.99. The Bertz CT molecular complexity index is 627. The summed E-state index contributed by atoms with van der Waals surface area (Å²) in [5.41, 5.74) is 0.650. The van der Waals surface area contributed by atoms with Crippen LogP contribution < -0.4 is 0 Å². The Kier molecular flexibility index (Phi) is 3.69. The minimum Gasteiger partial charge on any atom is -0.294 e. The summed E-state index contributed by atoms with van der Waals surface area (Å²) in [4.78, 5) is 10.4. The van der Waals surface area contributed by atoms with E-state index in [1.54, 1.807) is 6.07 Å². The van der Waals surface area contributed by atoms with Crippen LogP contribution in [0.25, 0.3) is 10.8 Å². The number of non-ortho nitro benzene ring substituents is 1. The molecular formula is C12H11NO4S. The van der Waals surface area contributed by atoms with E-state index >= 15 is 0 Å². The van der Waals surface area contributed by atoms with E-state index in [1.165, 1.54) is 19.2 Å². The molecule has 0 radical (unpaired) electrons. The number of fused-ring (bicyclic) bond motifs is 1. The summed E-state index contributed by atoms with van der Waals surface area (Å²) >= 11 is -1.48. The lowest BCUT2D eigenvalue weighted by molar-refractivity contribution is -0.384. The summed E-state index contributed by atoms with van der Waals surface area (Å²) in [6, 6.07) is 10.2. The van der Waals surface area contributed by atoms with Crippen LogP contribution in [0.3, 0.4) is 0 Å². The largest absolute Gasteiger partial charge is 0.294 e. The zero-order valence-corrected chi connectivity index (χ0v) is 10.5. The van der Waals surface area contributed by atoms with E-state index in [0.29, 0.717) is 5.56 Å². The molecule has 5 nitrogen and oxygen atoms in total. The topological polar surface area (TPSA) is 69.4 Å². The third kappa shape index (κ3) is 2.55. The van der Waals surface area contributed by atoms with Crippen molar-refractivity contribution in [1.82, 2.24) is 0 Å². The summed E-state index contributed by atoms with van der Waals surface area (Å²) in [5.74, 6) is 0.138. The Balaban J connectivity index is 2.60. The highest BCUT2D eigenvalue weighted by molar-refractivity contribution is 7.79. The predicted octanol–water partition coefficient (Wildman–Crippen LogP) is 2.56. The van der Waals surface area contributed by atoms with Crippen molar-refractivity contribution < 1.29 is 13.3 Å². The maximum Gasteiger partial charge on any atom is 0.270 e. The van der Waals surface area contributed by atoms with Gasteiger partial charge < -0.3 is 0 Å². The molecule has 0 N–H and O–H groups in total. The van der Waals surface area contributed by atoms with E-state index in [-0.39, 0.29) is 11.4 Å². The summed E-state index contributed by atoms with van der Waals surface area (Å²) < 4.78 is 16.1. The van der Waals surface area contributed by atoms with Crippen molar-refractivity contribution >= 4 is 27.5 Å². The van der Waals surface area contributed by atoms with Crippen LogP contribution in [0.15, 0.2) is 36.4 Å². The van der Waals surface area contributed by atoms with Crippen LogP contribution in [0, 0.1) is 10.1 Å². The molecule has 0 heterocycles. The molecule has 18 heavy (non-hydrogen) atoms. The molecule has 0 aliphatic rings. The summed E-state index contributed by atoms with van der Waals surface area (Å²) in [7, 11) is 1.34. The summed E-state index contributed by atoms with van der Waals surface area (Å²) in [6.07, 6.45) is 0. The number of nitrogens with zero attached hydrogens (tertiary/aromatic N) is 1. The molecule has 1 unspecified atom stereocenters. The van der Waals surface area contributed by atoms with Gasteiger partial charge in [0.15, 0.2) is 11.1 Å². The van der Waals surface area contributed by atoms with Crippen molar-refractivity contribution in [2.75, 3.05) is 7.11 Å². The van der Waals surface area contributed by atoms with Gasteiger partial charge in [-0.1, -0.05) is 24.3 Å². The molecule has 0 aliphatic heterocycles. The van der Waals surface area contributed by atoms with E-state index in [1.807, 2.05) is 18.2 Å². The van der Waals surface area contributed by atoms with Gasteiger partial charge in [-0.3, -0.25) is 14.3 Å². The zero-order chi connectivity index (χ0) is 13.1. The van der Waals surface area contributed by atoms with Gasteiger partial charge in [-0.2, -0.15) is 0 Å². The van der Waals surface area contributed by atoms with Crippen LogP contribution in [0.4, 0.5) is 5.69 Å². The number of hydrogen-bond donors (Lipinski definition) is 0. The molecule has 0 saturated heterocycles. The highest BCUT2D eigenvalue weighted by Crippen LogP contribution is 2.26. The van der Waals surface area contributed by atoms with Gasteiger partial charge in [-0.15, -0.1) is 0 Å². The molecule has 0 spiro atoms. The van der Waals surface area contributed by atoms with Gasteiger partial charge in [-0.25, -0.2) is 4.21 Å². The lowest BCUT2D eigenvalue weighted by atomic mass is 10.0. The Morgan fingerprint density at radius 1 is 1.33 bits per heavy atom. The average molecular weight is 265 g/mol. The van der Waals surface area contributed by atoms with Crippen molar-refractivity contribution in [3.63, 3.8) is 0 Å². The molecule has 0 amide bonds. The van der Waals surface area contributed by atoms with Gasteiger partial charge in [0.2, 0.25) is 0 Å². The molecule has 0 fully saturated rings. The first-order valence-corrected chi connectivity index (χ1v) is 6.45. The minimum atomic E-state index is -1.48. The molecule has 0 aromatic heterocycles. The quantitative estimate of drug-likeness (QED) is 0.629. The van der Waals surface area contributed by atoms with Crippen LogP contribution in [0.1, 0.15) is 5.56 Å². The summed E-state index contributed by atoms with van der Waals surface area (Å²) in [6.45, 7) is 0. The van der Waals surface area contributed by atoms with E-state index in [9.17, 15) is 14.3 Å². The van der Waals surface area contributed by atoms with Gasteiger partial charge in [-0.05, 0) is 16.3 Å². The van der Waals surface area contributed by atoms with E-state index in [0.717, 1.165) is 10.8 Å². The van der Waals surface area contributed by atoms with E-state index in [4.69, 9.17) is 4.18 Å². The standard InChI is InChI=1S/C12H11NO4S/c1-17-18(16)8-10-7-11(13(14)15)6-9-4-2-3-5-12(9)10/h2-7H,8H2,1H3. The fraction of sp³-hybridized carbons (Fsp3) is 0.167. The molecular weight excluding hydrogens is 254 g/mol. The summed E-state index contributed by atoms with van der Waals surface area (Å²) in [5, 5.41) is 12.5. The van der Waals surface area contributed by atoms with Gasteiger partial charge in [0.05, 0.1) is 17.8 Å². The van der Waals surface area contributed by atoms with Gasteiger partial charge in [0.25, 0.3) is 5.69 Å². The smallest absolute Gasteiger partial charge is 0.270 e. The maximum absolute atomic E-state index is 11.4. The molecule has 0 bridgehead atoms. The third-order valence-corrected chi connectivity index (χ3v) is 3.52. The number of rotatable bonds is 4. The fourth-order valence-corrected chi connectivity index (χ4v) is 2.39. The Labute approximate surface area is 106 Å². The number of nitro groups is 1. The van der Waals surface area contributed by atoms with Crippen LogP contribution >= 0.6 is 0 Å². The Morgan fingerprint density at radius 2 is 2.06 bits per heavy atom. The second-order valence-electron chi connectivity index (χ2n) is 3.70. The molecule has 94 valence electrons. The number of benzene rings is 2. The van der Waals surface area contributed by atoms with Gasteiger partial charge in [0.1, 0.15) is 0 Å². The van der Waals surface area contributed by atoms with Gasteiger partial charge >= 0.3 is 0 Å². The molecule has 0 saturated carbocycles. The Morgan fingerprint density at radius 3 is 2.72 bits per heavy atom. The van der Waals surface area contributed by atoms with Crippen LogP contribution in [0.5, 0.6) is 0 Å². The first-order valence-electron chi connectivity index (χ1n) is 5.20.